The summed E-state index contributed by atoms with van der Waals surface area (Å²) in [5.41, 5.74) is 5.38. The zero-order valence-electron chi connectivity index (χ0n) is 11.3. The lowest BCUT2D eigenvalue weighted by atomic mass is 10.2. The number of ether oxygens (including phenoxy) is 1. The van der Waals surface area contributed by atoms with Crippen LogP contribution in [0.3, 0.4) is 0 Å². The van der Waals surface area contributed by atoms with Crippen molar-refractivity contribution < 1.29 is 22.3 Å². The highest BCUT2D eigenvalue weighted by molar-refractivity contribution is 7.89. The van der Waals surface area contributed by atoms with Crippen LogP contribution in [0, 0.1) is 5.82 Å². The van der Waals surface area contributed by atoms with Gasteiger partial charge in [-0.3, -0.25) is 0 Å². The Bertz CT molecular complexity index is 638. The standard InChI is InChI=1S/C12H15FN2O4S.ClH/c1-19-12(16)10-6-8(13)2-3-11(10)20(17,18)15-5-4-9(14)7-15;/h2-3,6,9H,4-5,7,14H2,1H3;1H/t9-;/m1./s1. The summed E-state index contributed by atoms with van der Waals surface area (Å²) in [6, 6.07) is 2.69. The maximum atomic E-state index is 13.2. The van der Waals surface area contributed by atoms with Crippen LogP contribution in [0.1, 0.15) is 16.8 Å². The molecule has 0 bridgehead atoms. The maximum absolute atomic E-state index is 13.2. The first-order valence-corrected chi connectivity index (χ1v) is 7.44. The van der Waals surface area contributed by atoms with Crippen molar-refractivity contribution >= 4 is 28.4 Å². The number of carbonyl (C=O) groups excluding carboxylic acids is 1. The van der Waals surface area contributed by atoms with Crippen LogP contribution < -0.4 is 5.73 Å². The Balaban J connectivity index is 0.00000220. The van der Waals surface area contributed by atoms with Crippen LogP contribution in [0.15, 0.2) is 23.1 Å². The molecule has 2 rings (SSSR count). The average Bonchev–Trinajstić information content (AvgIpc) is 2.84. The van der Waals surface area contributed by atoms with Gasteiger partial charge in [0.2, 0.25) is 10.0 Å². The molecule has 118 valence electrons. The summed E-state index contributed by atoms with van der Waals surface area (Å²) >= 11 is 0. The second-order valence-electron chi connectivity index (χ2n) is 4.54. The number of carbonyl (C=O) groups is 1. The molecule has 21 heavy (non-hydrogen) atoms. The quantitative estimate of drug-likeness (QED) is 0.822. The van der Waals surface area contributed by atoms with Crippen LogP contribution in [-0.4, -0.2) is 44.9 Å². The number of sulfonamides is 1. The Hall–Kier alpha value is -1.22. The molecular formula is C12H16ClFN2O4S. The van der Waals surface area contributed by atoms with Gasteiger partial charge in [0.25, 0.3) is 0 Å². The highest BCUT2D eigenvalue weighted by Gasteiger charge is 2.34. The molecule has 0 aromatic heterocycles. The van der Waals surface area contributed by atoms with Crippen LogP contribution in [-0.2, 0) is 14.8 Å². The third kappa shape index (κ3) is 3.52. The van der Waals surface area contributed by atoms with Gasteiger partial charge in [0.15, 0.2) is 0 Å². The lowest BCUT2D eigenvalue weighted by Crippen LogP contribution is -2.33. The van der Waals surface area contributed by atoms with E-state index in [0.29, 0.717) is 6.42 Å². The number of esters is 1. The van der Waals surface area contributed by atoms with E-state index in [1.54, 1.807) is 0 Å². The third-order valence-corrected chi connectivity index (χ3v) is 5.08. The molecule has 0 amide bonds. The first-order chi connectivity index (χ1) is 9.36. The predicted molar refractivity (Wildman–Crippen MR) is 76.3 cm³/mol. The average molecular weight is 339 g/mol. The normalized spacial score (nSPS) is 19.1. The van der Waals surface area contributed by atoms with Crippen molar-refractivity contribution in [3.05, 3.63) is 29.6 Å². The zero-order chi connectivity index (χ0) is 14.9. The third-order valence-electron chi connectivity index (χ3n) is 3.15. The molecule has 0 unspecified atom stereocenters. The number of methoxy groups -OCH3 is 1. The molecule has 0 aliphatic carbocycles. The molecule has 1 aromatic rings. The summed E-state index contributed by atoms with van der Waals surface area (Å²) in [6.07, 6.45) is 0.550. The topological polar surface area (TPSA) is 89.7 Å². The van der Waals surface area contributed by atoms with Crippen molar-refractivity contribution in [2.45, 2.75) is 17.4 Å². The van der Waals surface area contributed by atoms with Crippen molar-refractivity contribution in [3.63, 3.8) is 0 Å². The van der Waals surface area contributed by atoms with E-state index in [0.717, 1.165) is 25.3 Å². The van der Waals surface area contributed by atoms with Crippen molar-refractivity contribution in [1.29, 1.82) is 0 Å². The van der Waals surface area contributed by atoms with Crippen molar-refractivity contribution in [1.82, 2.24) is 4.31 Å². The number of hydrogen-bond acceptors (Lipinski definition) is 5. The Morgan fingerprint density at radius 3 is 2.67 bits per heavy atom. The van der Waals surface area contributed by atoms with Gasteiger partial charge in [0, 0.05) is 19.1 Å². The minimum atomic E-state index is -3.89. The van der Waals surface area contributed by atoms with Gasteiger partial charge in [-0.25, -0.2) is 17.6 Å². The van der Waals surface area contributed by atoms with Crippen molar-refractivity contribution in [2.75, 3.05) is 20.2 Å². The Kier molecular flexibility index (Phi) is 5.68. The minimum Gasteiger partial charge on any atom is -0.465 e. The summed E-state index contributed by atoms with van der Waals surface area (Å²) in [5.74, 6) is -1.60. The molecule has 1 heterocycles. The van der Waals surface area contributed by atoms with E-state index in [-0.39, 0.29) is 42.0 Å². The fourth-order valence-electron chi connectivity index (χ4n) is 2.11. The first kappa shape index (κ1) is 17.8. The number of nitrogens with zero attached hydrogens (tertiary/aromatic N) is 1. The fourth-order valence-corrected chi connectivity index (χ4v) is 3.78. The summed E-state index contributed by atoms with van der Waals surface area (Å²) in [5, 5.41) is 0. The Morgan fingerprint density at radius 2 is 2.14 bits per heavy atom. The zero-order valence-corrected chi connectivity index (χ0v) is 12.9. The molecule has 1 aromatic carbocycles. The van der Waals surface area contributed by atoms with Crippen LogP contribution in [0.5, 0.6) is 0 Å². The van der Waals surface area contributed by atoms with Gasteiger partial charge in [-0.15, -0.1) is 12.4 Å². The monoisotopic (exact) mass is 338 g/mol. The van der Waals surface area contributed by atoms with Crippen LogP contribution in [0.4, 0.5) is 4.39 Å². The van der Waals surface area contributed by atoms with Gasteiger partial charge in [0.1, 0.15) is 5.82 Å². The molecular weight excluding hydrogens is 323 g/mol. The molecule has 6 nitrogen and oxygen atoms in total. The lowest BCUT2D eigenvalue weighted by Gasteiger charge is -2.17. The second-order valence-corrected chi connectivity index (χ2v) is 6.45. The molecule has 0 spiro atoms. The number of nitrogens with two attached hydrogens (primary N) is 1. The Morgan fingerprint density at radius 1 is 1.48 bits per heavy atom. The molecule has 2 N–H and O–H groups in total. The van der Waals surface area contributed by atoms with Gasteiger partial charge < -0.3 is 10.5 Å². The summed E-state index contributed by atoms with van der Waals surface area (Å²) in [4.78, 5) is 11.4. The number of hydrogen-bond donors (Lipinski definition) is 1. The molecule has 0 saturated carbocycles. The van der Waals surface area contributed by atoms with Gasteiger partial charge in [0.05, 0.1) is 17.6 Å². The van der Waals surface area contributed by atoms with E-state index in [1.165, 1.54) is 4.31 Å². The van der Waals surface area contributed by atoms with Gasteiger partial charge >= 0.3 is 5.97 Å². The van der Waals surface area contributed by atoms with E-state index in [4.69, 9.17) is 5.73 Å². The minimum absolute atomic E-state index is 0. The largest absolute Gasteiger partial charge is 0.465 e. The summed E-state index contributed by atoms with van der Waals surface area (Å²) in [7, 11) is -2.78. The van der Waals surface area contributed by atoms with E-state index < -0.39 is 21.8 Å². The van der Waals surface area contributed by atoms with Gasteiger partial charge in [-0.1, -0.05) is 0 Å². The fraction of sp³-hybridized carbons (Fsp3) is 0.417. The van der Waals surface area contributed by atoms with Crippen molar-refractivity contribution in [3.8, 4) is 0 Å². The Labute approximate surface area is 128 Å². The van der Waals surface area contributed by atoms with Crippen LogP contribution in [0.25, 0.3) is 0 Å². The molecule has 1 aliphatic heterocycles. The van der Waals surface area contributed by atoms with Crippen LogP contribution in [0.2, 0.25) is 0 Å². The molecule has 1 aliphatic rings. The highest BCUT2D eigenvalue weighted by Crippen LogP contribution is 2.24. The first-order valence-electron chi connectivity index (χ1n) is 6.00. The maximum Gasteiger partial charge on any atom is 0.339 e. The summed E-state index contributed by atoms with van der Waals surface area (Å²) in [6.45, 7) is 0.460. The number of rotatable bonds is 3. The van der Waals surface area contributed by atoms with Crippen molar-refractivity contribution in [2.24, 2.45) is 5.73 Å². The highest BCUT2D eigenvalue weighted by atomic mass is 35.5. The van der Waals surface area contributed by atoms with E-state index in [2.05, 4.69) is 4.74 Å². The second kappa shape index (κ2) is 6.69. The molecule has 1 saturated heterocycles. The lowest BCUT2D eigenvalue weighted by molar-refractivity contribution is 0.0595. The van der Waals surface area contributed by atoms with E-state index >= 15 is 0 Å². The van der Waals surface area contributed by atoms with Gasteiger partial charge in [-0.2, -0.15) is 4.31 Å². The number of benzene rings is 1. The number of halogens is 2. The molecule has 0 radical (unpaired) electrons. The van der Waals surface area contributed by atoms with E-state index in [9.17, 15) is 17.6 Å². The predicted octanol–water partition coefficient (Wildman–Crippen LogP) is 0.756. The van der Waals surface area contributed by atoms with E-state index in [1.807, 2.05) is 0 Å². The molecule has 9 heteroatoms. The SMILES string of the molecule is COC(=O)c1cc(F)ccc1S(=O)(=O)N1CC[C@@H](N)C1.Cl. The smallest absolute Gasteiger partial charge is 0.339 e. The molecule has 1 atom stereocenters. The molecule has 1 fully saturated rings. The van der Waals surface area contributed by atoms with Gasteiger partial charge in [-0.05, 0) is 24.6 Å². The summed E-state index contributed by atoms with van der Waals surface area (Å²) < 4.78 is 43.9. The van der Waals surface area contributed by atoms with Crippen LogP contribution >= 0.6 is 12.4 Å².